The lowest BCUT2D eigenvalue weighted by Gasteiger charge is -2.15. The molecule has 106 valence electrons. The van der Waals surface area contributed by atoms with E-state index < -0.39 is 16.8 Å². The van der Waals surface area contributed by atoms with Gasteiger partial charge >= 0.3 is 0 Å². The molecule has 0 aliphatic carbocycles. The van der Waals surface area contributed by atoms with E-state index in [9.17, 15) is 19.6 Å². The smallest absolute Gasteiger partial charge is 0.295 e. The average molecular weight is 270 g/mol. The predicted molar refractivity (Wildman–Crippen MR) is 71.7 cm³/mol. The third-order valence-electron chi connectivity index (χ3n) is 2.75. The number of benzene rings is 1. The minimum atomic E-state index is -0.639. The molecule has 1 atom stereocenters. The minimum Gasteiger partial charge on any atom is -0.391 e. The number of nitro benzene ring substituents is 1. The van der Waals surface area contributed by atoms with Gasteiger partial charge in [-0.2, -0.15) is 0 Å². The van der Waals surface area contributed by atoms with Crippen LogP contribution in [-0.2, 0) is 0 Å². The standard InChI is InChI=1S/C13H19FN2O3/c1-8(2)4-10(17)7-15-12-5-9(3)11(14)6-13(12)16(18)19/h5-6,8,10,15,17H,4,7H2,1-3H3. The Labute approximate surface area is 111 Å². The van der Waals surface area contributed by atoms with E-state index in [4.69, 9.17) is 0 Å². The average Bonchev–Trinajstić information content (AvgIpc) is 2.29. The zero-order valence-electron chi connectivity index (χ0n) is 11.3. The molecule has 0 aromatic heterocycles. The monoisotopic (exact) mass is 270 g/mol. The summed E-state index contributed by atoms with van der Waals surface area (Å²) in [7, 11) is 0. The van der Waals surface area contributed by atoms with E-state index >= 15 is 0 Å². The second kappa shape index (κ2) is 6.47. The second-order valence-electron chi connectivity index (χ2n) is 5.04. The van der Waals surface area contributed by atoms with Crippen LogP contribution in [0, 0.1) is 28.8 Å². The van der Waals surface area contributed by atoms with Crippen LogP contribution in [0.3, 0.4) is 0 Å². The van der Waals surface area contributed by atoms with E-state index in [1.54, 1.807) is 0 Å². The van der Waals surface area contributed by atoms with E-state index in [1.165, 1.54) is 13.0 Å². The first kappa shape index (κ1) is 15.4. The van der Waals surface area contributed by atoms with E-state index in [0.717, 1.165) is 6.07 Å². The van der Waals surface area contributed by atoms with Crippen molar-refractivity contribution in [1.29, 1.82) is 0 Å². The molecule has 0 saturated heterocycles. The lowest BCUT2D eigenvalue weighted by atomic mass is 10.1. The molecule has 0 fully saturated rings. The van der Waals surface area contributed by atoms with Gasteiger partial charge in [0.05, 0.1) is 17.1 Å². The fraction of sp³-hybridized carbons (Fsp3) is 0.538. The maximum absolute atomic E-state index is 13.3. The molecule has 0 spiro atoms. The van der Waals surface area contributed by atoms with Gasteiger partial charge in [-0.3, -0.25) is 10.1 Å². The number of hydrogen-bond donors (Lipinski definition) is 2. The highest BCUT2D eigenvalue weighted by Crippen LogP contribution is 2.27. The van der Waals surface area contributed by atoms with Crippen LogP contribution < -0.4 is 5.32 Å². The zero-order valence-corrected chi connectivity index (χ0v) is 11.3. The molecule has 1 unspecified atom stereocenters. The first-order valence-corrected chi connectivity index (χ1v) is 6.17. The van der Waals surface area contributed by atoms with Crippen LogP contribution in [0.2, 0.25) is 0 Å². The van der Waals surface area contributed by atoms with Crippen LogP contribution in [0.25, 0.3) is 0 Å². The topological polar surface area (TPSA) is 75.4 Å². The second-order valence-corrected chi connectivity index (χ2v) is 5.04. The van der Waals surface area contributed by atoms with E-state index in [0.29, 0.717) is 17.9 Å². The van der Waals surface area contributed by atoms with Gasteiger partial charge < -0.3 is 10.4 Å². The van der Waals surface area contributed by atoms with Crippen molar-refractivity contribution in [3.05, 3.63) is 33.6 Å². The van der Waals surface area contributed by atoms with Gasteiger partial charge in [0.1, 0.15) is 11.5 Å². The van der Waals surface area contributed by atoms with Gasteiger partial charge in [0, 0.05) is 6.54 Å². The summed E-state index contributed by atoms with van der Waals surface area (Å²) in [5.74, 6) is -0.276. The van der Waals surface area contributed by atoms with Crippen LogP contribution in [0.1, 0.15) is 25.8 Å². The molecular formula is C13H19FN2O3. The first-order chi connectivity index (χ1) is 8.81. The zero-order chi connectivity index (χ0) is 14.6. The molecule has 0 heterocycles. The Morgan fingerprint density at radius 2 is 2.11 bits per heavy atom. The molecule has 2 N–H and O–H groups in total. The highest BCUT2D eigenvalue weighted by atomic mass is 19.1. The number of halogens is 1. The Balaban J connectivity index is 2.82. The molecule has 19 heavy (non-hydrogen) atoms. The van der Waals surface area contributed by atoms with Gasteiger partial charge in [-0.15, -0.1) is 0 Å². The number of aliphatic hydroxyl groups excluding tert-OH is 1. The number of aryl methyl sites for hydroxylation is 1. The third-order valence-corrected chi connectivity index (χ3v) is 2.75. The molecule has 0 aliphatic rings. The van der Waals surface area contributed by atoms with E-state index in [1.807, 2.05) is 13.8 Å². The maximum atomic E-state index is 13.3. The molecule has 1 aromatic rings. The Bertz CT molecular complexity index is 463. The fourth-order valence-corrected chi connectivity index (χ4v) is 1.82. The maximum Gasteiger partial charge on any atom is 0.295 e. The fourth-order valence-electron chi connectivity index (χ4n) is 1.82. The summed E-state index contributed by atoms with van der Waals surface area (Å²) < 4.78 is 13.3. The van der Waals surface area contributed by atoms with Gasteiger partial charge in [-0.25, -0.2) is 4.39 Å². The van der Waals surface area contributed by atoms with Crippen molar-refractivity contribution in [3.8, 4) is 0 Å². The Morgan fingerprint density at radius 3 is 2.63 bits per heavy atom. The lowest BCUT2D eigenvalue weighted by Crippen LogP contribution is -2.21. The molecule has 1 rings (SSSR count). The number of nitro groups is 1. The van der Waals surface area contributed by atoms with Crippen molar-refractivity contribution in [2.24, 2.45) is 5.92 Å². The summed E-state index contributed by atoms with van der Waals surface area (Å²) in [5.41, 5.74) is 0.234. The SMILES string of the molecule is Cc1cc(NCC(O)CC(C)C)c([N+](=O)[O-])cc1F. The van der Waals surface area contributed by atoms with Crippen molar-refractivity contribution in [3.63, 3.8) is 0 Å². The summed E-state index contributed by atoms with van der Waals surface area (Å²) in [6.07, 6.45) is 0.00556. The van der Waals surface area contributed by atoms with Crippen LogP contribution in [-0.4, -0.2) is 22.7 Å². The number of aliphatic hydroxyl groups is 1. The summed E-state index contributed by atoms with van der Waals surface area (Å²) in [5, 5.41) is 23.4. The van der Waals surface area contributed by atoms with Crippen molar-refractivity contribution >= 4 is 11.4 Å². The van der Waals surface area contributed by atoms with Crippen LogP contribution in [0.4, 0.5) is 15.8 Å². The number of nitrogens with zero attached hydrogens (tertiary/aromatic N) is 1. The Morgan fingerprint density at radius 1 is 1.47 bits per heavy atom. The molecule has 5 nitrogen and oxygen atoms in total. The van der Waals surface area contributed by atoms with Gasteiger partial charge in [0.25, 0.3) is 5.69 Å². The molecule has 0 aliphatic heterocycles. The number of nitrogens with one attached hydrogen (secondary N) is 1. The quantitative estimate of drug-likeness (QED) is 0.615. The normalized spacial score (nSPS) is 12.5. The highest BCUT2D eigenvalue weighted by Gasteiger charge is 2.17. The van der Waals surface area contributed by atoms with Gasteiger partial charge in [-0.05, 0) is 30.9 Å². The van der Waals surface area contributed by atoms with Crippen molar-refractivity contribution in [2.45, 2.75) is 33.3 Å². The molecule has 0 radical (unpaired) electrons. The largest absolute Gasteiger partial charge is 0.391 e. The molecule has 1 aromatic carbocycles. The molecule has 0 amide bonds. The van der Waals surface area contributed by atoms with Crippen LogP contribution in [0.5, 0.6) is 0 Å². The van der Waals surface area contributed by atoms with Crippen molar-refractivity contribution in [1.82, 2.24) is 0 Å². The molecular weight excluding hydrogens is 251 g/mol. The molecule has 0 saturated carbocycles. The molecule has 0 bridgehead atoms. The Kier molecular flexibility index (Phi) is 5.23. The summed E-state index contributed by atoms with van der Waals surface area (Å²) in [4.78, 5) is 10.2. The minimum absolute atomic E-state index is 0.199. The summed E-state index contributed by atoms with van der Waals surface area (Å²) >= 11 is 0. The van der Waals surface area contributed by atoms with Crippen LogP contribution >= 0.6 is 0 Å². The van der Waals surface area contributed by atoms with Gasteiger partial charge in [-0.1, -0.05) is 13.8 Å². The molecule has 6 heteroatoms. The highest BCUT2D eigenvalue weighted by molar-refractivity contribution is 5.63. The predicted octanol–water partition coefficient (Wildman–Crippen LogP) is 2.86. The van der Waals surface area contributed by atoms with Gasteiger partial charge in [0.15, 0.2) is 0 Å². The lowest BCUT2D eigenvalue weighted by molar-refractivity contribution is -0.384. The van der Waals surface area contributed by atoms with E-state index in [-0.39, 0.29) is 17.9 Å². The van der Waals surface area contributed by atoms with Gasteiger partial charge in [0.2, 0.25) is 0 Å². The third kappa shape index (κ3) is 4.48. The van der Waals surface area contributed by atoms with Crippen molar-refractivity contribution < 1.29 is 14.4 Å². The Hall–Kier alpha value is -1.69. The van der Waals surface area contributed by atoms with Crippen LogP contribution in [0.15, 0.2) is 12.1 Å². The number of hydrogen-bond acceptors (Lipinski definition) is 4. The van der Waals surface area contributed by atoms with Crippen molar-refractivity contribution in [2.75, 3.05) is 11.9 Å². The first-order valence-electron chi connectivity index (χ1n) is 6.17. The number of anilines is 1. The summed E-state index contributed by atoms with van der Waals surface area (Å²) in [6, 6.07) is 2.28. The van der Waals surface area contributed by atoms with E-state index in [2.05, 4.69) is 5.32 Å². The number of rotatable bonds is 6. The summed E-state index contributed by atoms with van der Waals surface area (Å²) in [6.45, 7) is 5.69.